The predicted molar refractivity (Wildman–Crippen MR) is 47.9 cm³/mol. The first-order valence-electron chi connectivity index (χ1n) is 4.16. The van der Waals surface area contributed by atoms with Gasteiger partial charge in [0, 0.05) is 6.42 Å². The molecule has 0 saturated carbocycles. The van der Waals surface area contributed by atoms with Crippen LogP contribution in [0.15, 0.2) is 23.8 Å². The third-order valence-corrected chi connectivity index (χ3v) is 2.22. The molecule has 0 bridgehead atoms. The van der Waals surface area contributed by atoms with E-state index in [9.17, 15) is 4.79 Å². The minimum absolute atomic E-state index is 0.285. The van der Waals surface area contributed by atoms with E-state index in [1.54, 1.807) is 0 Å². The molecule has 0 aromatic carbocycles. The minimum atomic E-state index is -0.698. The lowest BCUT2D eigenvalue weighted by Crippen LogP contribution is -2.04. The number of hydrogen-bond acceptors (Lipinski definition) is 1. The van der Waals surface area contributed by atoms with E-state index in [1.807, 2.05) is 6.92 Å². The van der Waals surface area contributed by atoms with E-state index in [2.05, 4.69) is 12.7 Å². The summed E-state index contributed by atoms with van der Waals surface area (Å²) in [6.07, 6.45) is 4.18. The van der Waals surface area contributed by atoms with Gasteiger partial charge in [0.2, 0.25) is 0 Å². The lowest BCUT2D eigenvalue weighted by Gasteiger charge is -2.05. The third kappa shape index (κ3) is 2.22. The van der Waals surface area contributed by atoms with Crippen LogP contribution >= 0.6 is 0 Å². The number of carboxylic acid groups (broad SMARTS) is 1. The molecule has 1 atom stereocenters. The summed E-state index contributed by atoms with van der Waals surface area (Å²) in [6.45, 7) is 5.80. The lowest BCUT2D eigenvalue weighted by molar-refractivity contribution is -0.138. The molecule has 2 heteroatoms. The van der Waals surface area contributed by atoms with Crippen LogP contribution in [0.25, 0.3) is 0 Å². The Bertz CT molecular complexity index is 238. The summed E-state index contributed by atoms with van der Waals surface area (Å²) < 4.78 is 0. The minimum Gasteiger partial charge on any atom is -0.481 e. The zero-order chi connectivity index (χ0) is 9.14. The highest BCUT2D eigenvalue weighted by Gasteiger charge is 2.19. The number of rotatable bonds is 3. The second-order valence-electron chi connectivity index (χ2n) is 3.41. The Morgan fingerprint density at radius 3 is 2.92 bits per heavy atom. The van der Waals surface area contributed by atoms with Gasteiger partial charge in [-0.15, -0.1) is 0 Å². The van der Waals surface area contributed by atoms with Crippen molar-refractivity contribution < 1.29 is 9.90 Å². The fourth-order valence-electron chi connectivity index (χ4n) is 1.54. The largest absolute Gasteiger partial charge is 0.481 e. The van der Waals surface area contributed by atoms with E-state index < -0.39 is 5.97 Å². The molecule has 1 aliphatic rings. The molecule has 0 aliphatic heterocycles. The fraction of sp³-hybridized carbons (Fsp3) is 0.500. The molecular formula is C10H14O2. The van der Waals surface area contributed by atoms with Gasteiger partial charge in [0.25, 0.3) is 0 Å². The number of carbonyl (C=O) groups is 1. The van der Waals surface area contributed by atoms with Crippen molar-refractivity contribution in [3.63, 3.8) is 0 Å². The Morgan fingerprint density at radius 1 is 1.83 bits per heavy atom. The van der Waals surface area contributed by atoms with Gasteiger partial charge in [-0.3, -0.25) is 4.79 Å². The molecular weight excluding hydrogens is 152 g/mol. The van der Waals surface area contributed by atoms with Crippen molar-refractivity contribution in [2.24, 2.45) is 5.92 Å². The molecule has 0 fully saturated rings. The van der Waals surface area contributed by atoms with Crippen LogP contribution in [-0.2, 0) is 4.79 Å². The Labute approximate surface area is 72.6 Å². The van der Waals surface area contributed by atoms with Crippen LogP contribution in [0.5, 0.6) is 0 Å². The molecule has 1 N–H and O–H groups in total. The molecule has 0 radical (unpaired) electrons. The zero-order valence-corrected chi connectivity index (χ0v) is 7.34. The number of hydrogen-bond donors (Lipinski definition) is 1. The highest BCUT2D eigenvalue weighted by Crippen LogP contribution is 2.30. The standard InChI is InChI=1S/C10H14O2/c1-7(2)9-4-3-8(5-9)6-10(11)12/h4,8H,1,3,5-6H2,2H3,(H,11,12). The zero-order valence-electron chi connectivity index (χ0n) is 7.34. The van der Waals surface area contributed by atoms with E-state index in [-0.39, 0.29) is 6.42 Å². The summed E-state index contributed by atoms with van der Waals surface area (Å²) in [6, 6.07) is 0. The second-order valence-corrected chi connectivity index (χ2v) is 3.41. The fourth-order valence-corrected chi connectivity index (χ4v) is 1.54. The molecule has 0 saturated heterocycles. The van der Waals surface area contributed by atoms with Gasteiger partial charge in [-0.1, -0.05) is 18.2 Å². The molecule has 0 amide bonds. The maximum absolute atomic E-state index is 10.4. The number of aliphatic carboxylic acids is 1. The Hall–Kier alpha value is -1.05. The lowest BCUT2D eigenvalue weighted by atomic mass is 10.00. The molecule has 2 nitrogen and oxygen atoms in total. The molecule has 1 unspecified atom stereocenters. The first-order chi connectivity index (χ1) is 5.59. The molecule has 1 aliphatic carbocycles. The van der Waals surface area contributed by atoms with Crippen LogP contribution in [0.3, 0.4) is 0 Å². The third-order valence-electron chi connectivity index (χ3n) is 2.22. The molecule has 1 rings (SSSR count). The Kier molecular flexibility index (Phi) is 2.69. The van der Waals surface area contributed by atoms with Gasteiger partial charge in [-0.05, 0) is 31.3 Å². The number of carboxylic acids is 1. The van der Waals surface area contributed by atoms with Crippen molar-refractivity contribution in [3.05, 3.63) is 23.8 Å². The molecule has 0 spiro atoms. The van der Waals surface area contributed by atoms with Crippen molar-refractivity contribution in [3.8, 4) is 0 Å². The molecule has 66 valence electrons. The molecule has 0 aromatic rings. The highest BCUT2D eigenvalue weighted by molar-refractivity contribution is 5.67. The van der Waals surface area contributed by atoms with Crippen LogP contribution in [0, 0.1) is 5.92 Å². The maximum atomic E-state index is 10.4. The van der Waals surface area contributed by atoms with E-state index in [1.165, 1.54) is 5.57 Å². The van der Waals surface area contributed by atoms with E-state index in [0.717, 1.165) is 18.4 Å². The van der Waals surface area contributed by atoms with Crippen LogP contribution in [0.4, 0.5) is 0 Å². The Balaban J connectivity index is 2.41. The van der Waals surface area contributed by atoms with Crippen molar-refractivity contribution in [2.75, 3.05) is 0 Å². The van der Waals surface area contributed by atoms with Gasteiger partial charge in [-0.25, -0.2) is 0 Å². The van der Waals surface area contributed by atoms with Gasteiger partial charge in [-0.2, -0.15) is 0 Å². The first kappa shape index (κ1) is 9.04. The summed E-state index contributed by atoms with van der Waals surface area (Å²) in [5.74, 6) is -0.398. The monoisotopic (exact) mass is 166 g/mol. The van der Waals surface area contributed by atoms with E-state index in [4.69, 9.17) is 5.11 Å². The van der Waals surface area contributed by atoms with E-state index >= 15 is 0 Å². The molecule has 0 aromatic heterocycles. The first-order valence-corrected chi connectivity index (χ1v) is 4.16. The quantitative estimate of drug-likeness (QED) is 0.698. The Morgan fingerprint density at radius 2 is 2.50 bits per heavy atom. The summed E-state index contributed by atoms with van der Waals surface area (Å²) in [4.78, 5) is 10.4. The predicted octanol–water partition coefficient (Wildman–Crippen LogP) is 2.37. The van der Waals surface area contributed by atoms with Crippen molar-refractivity contribution in [1.29, 1.82) is 0 Å². The van der Waals surface area contributed by atoms with Gasteiger partial charge in [0.1, 0.15) is 0 Å². The number of allylic oxidation sites excluding steroid dienone is 3. The van der Waals surface area contributed by atoms with Crippen LogP contribution in [-0.4, -0.2) is 11.1 Å². The van der Waals surface area contributed by atoms with Crippen LogP contribution in [0.1, 0.15) is 26.2 Å². The van der Waals surface area contributed by atoms with Gasteiger partial charge >= 0.3 is 5.97 Å². The second kappa shape index (κ2) is 3.57. The van der Waals surface area contributed by atoms with Gasteiger partial charge < -0.3 is 5.11 Å². The summed E-state index contributed by atoms with van der Waals surface area (Å²) in [7, 11) is 0. The van der Waals surface area contributed by atoms with Crippen molar-refractivity contribution >= 4 is 5.97 Å². The summed E-state index contributed by atoms with van der Waals surface area (Å²) in [5, 5.41) is 8.55. The van der Waals surface area contributed by atoms with Crippen LogP contribution < -0.4 is 0 Å². The maximum Gasteiger partial charge on any atom is 0.303 e. The van der Waals surface area contributed by atoms with Gasteiger partial charge in [0.05, 0.1) is 0 Å². The van der Waals surface area contributed by atoms with Gasteiger partial charge in [0.15, 0.2) is 0 Å². The van der Waals surface area contributed by atoms with Crippen molar-refractivity contribution in [1.82, 2.24) is 0 Å². The molecule has 0 heterocycles. The van der Waals surface area contributed by atoms with Crippen molar-refractivity contribution in [2.45, 2.75) is 26.2 Å². The molecule has 12 heavy (non-hydrogen) atoms. The average molecular weight is 166 g/mol. The SMILES string of the molecule is C=C(C)C1=CCC(CC(=O)O)C1. The van der Waals surface area contributed by atoms with E-state index in [0.29, 0.717) is 5.92 Å². The topological polar surface area (TPSA) is 37.3 Å². The smallest absolute Gasteiger partial charge is 0.303 e. The normalized spacial score (nSPS) is 22.1. The average Bonchev–Trinajstić information content (AvgIpc) is 2.34. The summed E-state index contributed by atoms with van der Waals surface area (Å²) >= 11 is 0. The summed E-state index contributed by atoms with van der Waals surface area (Å²) in [5.41, 5.74) is 2.31. The van der Waals surface area contributed by atoms with Crippen LogP contribution in [0.2, 0.25) is 0 Å². The highest BCUT2D eigenvalue weighted by atomic mass is 16.4.